The van der Waals surface area contributed by atoms with Crippen LogP contribution in [0.1, 0.15) is 11.1 Å². The lowest BCUT2D eigenvalue weighted by atomic mass is 10.2. The number of anilines is 1. The van der Waals surface area contributed by atoms with Gasteiger partial charge in [0.25, 0.3) is 0 Å². The van der Waals surface area contributed by atoms with Crippen LogP contribution in [0.3, 0.4) is 0 Å². The van der Waals surface area contributed by atoms with E-state index in [1.165, 1.54) is 0 Å². The molecule has 1 heterocycles. The van der Waals surface area contributed by atoms with Gasteiger partial charge in [0.1, 0.15) is 5.75 Å². The highest BCUT2D eigenvalue weighted by atomic mass is 32.1. The Morgan fingerprint density at radius 1 is 1.17 bits per heavy atom. The van der Waals surface area contributed by atoms with Gasteiger partial charge in [-0.25, -0.2) is 0 Å². The van der Waals surface area contributed by atoms with Crippen LogP contribution in [0, 0.1) is 6.92 Å². The van der Waals surface area contributed by atoms with Crippen LogP contribution in [0.15, 0.2) is 36.4 Å². The fraction of sp³-hybridized carbons (Fsp3) is 0.235. The molecule has 1 aliphatic heterocycles. The van der Waals surface area contributed by atoms with Gasteiger partial charge in [0, 0.05) is 12.2 Å². The molecule has 0 saturated heterocycles. The van der Waals surface area contributed by atoms with Gasteiger partial charge in [-0.15, -0.1) is 0 Å². The number of rotatable bonds is 4. The van der Waals surface area contributed by atoms with Crippen LogP contribution in [-0.2, 0) is 6.54 Å². The van der Waals surface area contributed by atoms with E-state index in [9.17, 15) is 0 Å². The van der Waals surface area contributed by atoms with Crippen molar-refractivity contribution in [3.8, 4) is 17.2 Å². The molecule has 2 aromatic rings. The van der Waals surface area contributed by atoms with Gasteiger partial charge in [0.2, 0.25) is 6.79 Å². The normalized spacial score (nSPS) is 11.9. The van der Waals surface area contributed by atoms with Crippen LogP contribution in [0.2, 0.25) is 0 Å². The fourth-order valence-corrected chi connectivity index (χ4v) is 2.49. The standard InChI is InChI=1S/C17H18N2O3S/c1-11-7-13(20-2)4-5-14(11)19-17(23)18-9-12-3-6-15-16(8-12)22-10-21-15/h3-8H,9-10H2,1-2H3,(H2,18,19,23). The molecule has 3 rings (SSSR count). The van der Waals surface area contributed by atoms with Gasteiger partial charge in [-0.05, 0) is 60.6 Å². The van der Waals surface area contributed by atoms with Crippen LogP contribution >= 0.6 is 12.2 Å². The molecule has 0 amide bonds. The third-order valence-electron chi connectivity index (χ3n) is 3.57. The maximum Gasteiger partial charge on any atom is 0.231 e. The number of thiocarbonyl (C=S) groups is 1. The molecule has 5 nitrogen and oxygen atoms in total. The van der Waals surface area contributed by atoms with E-state index >= 15 is 0 Å². The van der Waals surface area contributed by atoms with Crippen molar-refractivity contribution in [3.63, 3.8) is 0 Å². The van der Waals surface area contributed by atoms with Crippen LogP contribution in [-0.4, -0.2) is 19.0 Å². The molecule has 0 atom stereocenters. The first-order valence-electron chi connectivity index (χ1n) is 7.24. The SMILES string of the molecule is COc1ccc(NC(=S)NCc2ccc3c(c2)OCO3)c(C)c1. The lowest BCUT2D eigenvalue weighted by molar-refractivity contribution is 0.174. The Bertz CT molecular complexity index is 734. The molecule has 6 heteroatoms. The largest absolute Gasteiger partial charge is 0.497 e. The van der Waals surface area contributed by atoms with Gasteiger partial charge in [-0.2, -0.15) is 0 Å². The van der Waals surface area contributed by atoms with Crippen LogP contribution in [0.5, 0.6) is 17.2 Å². The summed E-state index contributed by atoms with van der Waals surface area (Å²) in [4.78, 5) is 0. The van der Waals surface area contributed by atoms with Crippen molar-refractivity contribution in [2.75, 3.05) is 19.2 Å². The summed E-state index contributed by atoms with van der Waals surface area (Å²) in [5.74, 6) is 2.38. The highest BCUT2D eigenvalue weighted by molar-refractivity contribution is 7.80. The summed E-state index contributed by atoms with van der Waals surface area (Å²) < 4.78 is 15.9. The van der Waals surface area contributed by atoms with Gasteiger partial charge in [0.15, 0.2) is 16.6 Å². The van der Waals surface area contributed by atoms with Crippen molar-refractivity contribution >= 4 is 23.0 Å². The van der Waals surface area contributed by atoms with E-state index in [0.717, 1.165) is 34.1 Å². The van der Waals surface area contributed by atoms with Crippen molar-refractivity contribution in [2.45, 2.75) is 13.5 Å². The van der Waals surface area contributed by atoms with Gasteiger partial charge in [-0.1, -0.05) is 6.07 Å². The van der Waals surface area contributed by atoms with Crippen molar-refractivity contribution in [3.05, 3.63) is 47.5 Å². The third-order valence-corrected chi connectivity index (χ3v) is 3.82. The molecule has 1 aliphatic rings. The number of aryl methyl sites for hydroxylation is 1. The molecule has 0 spiro atoms. The molecule has 2 aromatic carbocycles. The first kappa shape index (κ1) is 15.4. The number of hydrogen-bond donors (Lipinski definition) is 2. The fourth-order valence-electron chi connectivity index (χ4n) is 2.30. The summed E-state index contributed by atoms with van der Waals surface area (Å²) in [5.41, 5.74) is 3.09. The van der Waals surface area contributed by atoms with E-state index in [1.807, 2.05) is 43.3 Å². The zero-order chi connectivity index (χ0) is 16.2. The van der Waals surface area contributed by atoms with Crippen molar-refractivity contribution in [1.29, 1.82) is 0 Å². The van der Waals surface area contributed by atoms with Crippen molar-refractivity contribution < 1.29 is 14.2 Å². The summed E-state index contributed by atoms with van der Waals surface area (Å²) >= 11 is 5.35. The first-order chi connectivity index (χ1) is 11.2. The minimum atomic E-state index is 0.281. The summed E-state index contributed by atoms with van der Waals surface area (Å²) in [6, 6.07) is 11.7. The van der Waals surface area contributed by atoms with Crippen LogP contribution in [0.4, 0.5) is 5.69 Å². The Kier molecular flexibility index (Phi) is 4.52. The van der Waals surface area contributed by atoms with Crippen molar-refractivity contribution in [2.24, 2.45) is 0 Å². The Balaban J connectivity index is 1.57. The maximum absolute atomic E-state index is 5.37. The zero-order valence-electron chi connectivity index (χ0n) is 13.0. The second-order valence-corrected chi connectivity index (χ2v) is 5.58. The Morgan fingerprint density at radius 3 is 2.78 bits per heavy atom. The van der Waals surface area contributed by atoms with Gasteiger partial charge in [-0.3, -0.25) is 0 Å². The average Bonchev–Trinajstić information content (AvgIpc) is 3.02. The van der Waals surface area contributed by atoms with Gasteiger partial charge >= 0.3 is 0 Å². The predicted octanol–water partition coefficient (Wildman–Crippen LogP) is 3.22. The Labute approximate surface area is 140 Å². The zero-order valence-corrected chi connectivity index (χ0v) is 13.8. The number of nitrogens with one attached hydrogen (secondary N) is 2. The lowest BCUT2D eigenvalue weighted by Crippen LogP contribution is -2.28. The number of ether oxygens (including phenoxy) is 3. The molecule has 2 N–H and O–H groups in total. The lowest BCUT2D eigenvalue weighted by Gasteiger charge is -2.13. The smallest absolute Gasteiger partial charge is 0.231 e. The minimum absolute atomic E-state index is 0.281. The molecule has 0 saturated carbocycles. The topological polar surface area (TPSA) is 51.8 Å². The van der Waals surface area contributed by atoms with E-state index < -0.39 is 0 Å². The molecule has 120 valence electrons. The van der Waals surface area contributed by atoms with Crippen molar-refractivity contribution in [1.82, 2.24) is 5.32 Å². The molecule has 0 aliphatic carbocycles. The highest BCUT2D eigenvalue weighted by Gasteiger charge is 2.13. The molecule has 0 fully saturated rings. The van der Waals surface area contributed by atoms with E-state index in [4.69, 9.17) is 26.4 Å². The second kappa shape index (κ2) is 6.75. The number of hydrogen-bond acceptors (Lipinski definition) is 4. The summed E-state index contributed by atoms with van der Waals surface area (Å²) in [5, 5.41) is 6.95. The molecule has 0 radical (unpaired) electrons. The Morgan fingerprint density at radius 2 is 2.00 bits per heavy atom. The highest BCUT2D eigenvalue weighted by Crippen LogP contribution is 2.32. The predicted molar refractivity (Wildman–Crippen MR) is 93.4 cm³/mol. The number of methoxy groups -OCH3 is 1. The minimum Gasteiger partial charge on any atom is -0.497 e. The quantitative estimate of drug-likeness (QED) is 0.840. The summed E-state index contributed by atoms with van der Waals surface area (Å²) in [6.45, 7) is 2.89. The first-order valence-corrected chi connectivity index (χ1v) is 7.64. The van der Waals surface area contributed by atoms with E-state index in [2.05, 4.69) is 10.6 Å². The molecular formula is C17H18N2O3S. The summed E-state index contributed by atoms with van der Waals surface area (Å²) in [7, 11) is 1.65. The molecular weight excluding hydrogens is 312 g/mol. The summed E-state index contributed by atoms with van der Waals surface area (Å²) in [6.07, 6.45) is 0. The number of benzene rings is 2. The maximum atomic E-state index is 5.37. The average molecular weight is 330 g/mol. The number of fused-ring (bicyclic) bond motifs is 1. The van der Waals surface area contributed by atoms with Gasteiger partial charge < -0.3 is 24.8 Å². The molecule has 0 unspecified atom stereocenters. The Hall–Kier alpha value is -2.47. The second-order valence-electron chi connectivity index (χ2n) is 5.18. The third kappa shape index (κ3) is 3.65. The monoisotopic (exact) mass is 330 g/mol. The molecule has 0 aromatic heterocycles. The van der Waals surface area contributed by atoms with E-state index in [1.54, 1.807) is 7.11 Å². The molecule has 0 bridgehead atoms. The van der Waals surface area contributed by atoms with Crippen LogP contribution in [0.25, 0.3) is 0 Å². The van der Waals surface area contributed by atoms with E-state index in [-0.39, 0.29) is 6.79 Å². The van der Waals surface area contributed by atoms with Gasteiger partial charge in [0.05, 0.1) is 7.11 Å². The van der Waals surface area contributed by atoms with E-state index in [0.29, 0.717) is 11.7 Å². The molecule has 23 heavy (non-hydrogen) atoms. The van der Waals surface area contributed by atoms with Crippen LogP contribution < -0.4 is 24.8 Å².